The van der Waals surface area contributed by atoms with Crippen LogP contribution in [0, 0.1) is 13.8 Å². The van der Waals surface area contributed by atoms with Gasteiger partial charge < -0.3 is 14.0 Å². The molecule has 1 aromatic carbocycles. The minimum atomic E-state index is -4.03. The van der Waals surface area contributed by atoms with Gasteiger partial charge in [-0.05, 0) is 39.0 Å². The Bertz CT molecular complexity index is 1190. The van der Waals surface area contributed by atoms with Gasteiger partial charge in [-0.1, -0.05) is 23.8 Å². The van der Waals surface area contributed by atoms with Crippen molar-refractivity contribution in [2.24, 2.45) is 0 Å². The molecule has 1 unspecified atom stereocenters. The molecule has 33 heavy (non-hydrogen) atoms. The number of hydrogen-bond donors (Lipinski definition) is 2. The first-order valence-corrected chi connectivity index (χ1v) is 11.7. The van der Waals surface area contributed by atoms with Crippen LogP contribution in [0.3, 0.4) is 0 Å². The molecule has 0 aliphatic carbocycles. The molecule has 0 radical (unpaired) electrons. The van der Waals surface area contributed by atoms with Crippen LogP contribution >= 0.6 is 7.75 Å². The standard InChI is InChI=1S/C21H26N3O8P/c1-13-5-7-16(8-6-13)32-33(28,23-15(3)20(26)29-4)30-12-17-9-10-18(31-17)24-11-14(2)19(25)22-21(24)27/h5-11,15,17-18H,12H2,1-4H3,(H,23,28)(H,22,25,27)/t15-,17+,18-,33?/m1/s1. The summed E-state index contributed by atoms with van der Waals surface area (Å²) in [4.78, 5) is 37.7. The normalized spacial score (nSPS) is 20.2. The fourth-order valence-electron chi connectivity index (χ4n) is 2.98. The third kappa shape index (κ3) is 6.29. The highest BCUT2D eigenvalue weighted by atomic mass is 31.2. The lowest BCUT2D eigenvalue weighted by Crippen LogP contribution is -2.35. The number of aromatic amines is 1. The van der Waals surface area contributed by atoms with Gasteiger partial charge in [0, 0.05) is 11.8 Å². The van der Waals surface area contributed by atoms with E-state index >= 15 is 0 Å². The number of carbonyl (C=O) groups is 1. The van der Waals surface area contributed by atoms with Gasteiger partial charge in [0.1, 0.15) is 17.9 Å². The molecule has 0 amide bonds. The molecule has 0 saturated heterocycles. The lowest BCUT2D eigenvalue weighted by Gasteiger charge is -2.24. The second-order valence-corrected chi connectivity index (χ2v) is 9.19. The molecule has 1 aromatic heterocycles. The van der Waals surface area contributed by atoms with E-state index in [4.69, 9.17) is 13.8 Å². The maximum absolute atomic E-state index is 13.4. The Kier molecular flexibility index (Phi) is 7.70. The van der Waals surface area contributed by atoms with Crippen molar-refractivity contribution < 1.29 is 27.9 Å². The Balaban J connectivity index is 1.71. The molecule has 4 atom stereocenters. The number of esters is 1. The molecule has 2 aromatic rings. The summed E-state index contributed by atoms with van der Waals surface area (Å²) in [6.45, 7) is 4.73. The molecule has 3 rings (SSSR count). The number of hydrogen-bond acceptors (Lipinski definition) is 8. The number of nitrogens with one attached hydrogen (secondary N) is 2. The average molecular weight is 479 g/mol. The molecule has 1 aliphatic heterocycles. The summed E-state index contributed by atoms with van der Waals surface area (Å²) in [5, 5.41) is 2.56. The predicted octanol–water partition coefficient (Wildman–Crippen LogP) is 1.96. The van der Waals surface area contributed by atoms with E-state index in [1.807, 2.05) is 6.92 Å². The number of H-pyrrole nitrogens is 1. The molecule has 2 N–H and O–H groups in total. The molecular formula is C21H26N3O8P. The Morgan fingerprint density at radius 1 is 1.24 bits per heavy atom. The summed E-state index contributed by atoms with van der Waals surface area (Å²) in [6, 6.07) is 5.84. The van der Waals surface area contributed by atoms with Gasteiger partial charge >= 0.3 is 19.4 Å². The number of rotatable bonds is 9. The minimum Gasteiger partial charge on any atom is -0.468 e. The van der Waals surface area contributed by atoms with E-state index in [2.05, 4.69) is 14.8 Å². The number of nitrogens with zero attached hydrogens (tertiary/aromatic N) is 1. The molecular weight excluding hydrogens is 453 g/mol. The highest BCUT2D eigenvalue weighted by molar-refractivity contribution is 7.52. The Hall–Kier alpha value is -2.98. The quantitative estimate of drug-likeness (QED) is 0.314. The van der Waals surface area contributed by atoms with E-state index in [1.54, 1.807) is 43.3 Å². The van der Waals surface area contributed by atoms with E-state index in [0.717, 1.165) is 5.56 Å². The molecule has 0 saturated carbocycles. The maximum atomic E-state index is 13.4. The van der Waals surface area contributed by atoms with Crippen molar-refractivity contribution in [3.05, 3.63) is 74.6 Å². The third-order valence-corrected chi connectivity index (χ3v) is 6.43. The zero-order chi connectivity index (χ0) is 24.2. The molecule has 0 bridgehead atoms. The number of aromatic nitrogens is 2. The number of methoxy groups -OCH3 is 1. The number of ether oxygens (including phenoxy) is 2. The molecule has 0 fully saturated rings. The summed E-state index contributed by atoms with van der Waals surface area (Å²) < 4.78 is 36.2. The van der Waals surface area contributed by atoms with Gasteiger partial charge in [0.2, 0.25) is 0 Å². The van der Waals surface area contributed by atoms with Crippen LogP contribution in [-0.2, 0) is 23.4 Å². The van der Waals surface area contributed by atoms with Gasteiger partial charge in [-0.2, -0.15) is 5.09 Å². The Morgan fingerprint density at radius 3 is 2.61 bits per heavy atom. The number of aryl methyl sites for hydroxylation is 2. The van der Waals surface area contributed by atoms with Crippen molar-refractivity contribution in [1.29, 1.82) is 0 Å². The van der Waals surface area contributed by atoms with E-state index < -0.39 is 43.3 Å². The SMILES string of the molecule is COC(=O)[C@@H](C)NP(=O)(OC[C@@H]1C=C[C@H](n2cc(C)c(=O)[nH]c2=O)O1)Oc1ccc(C)cc1. The average Bonchev–Trinajstić information content (AvgIpc) is 3.25. The smallest absolute Gasteiger partial charge is 0.459 e. The van der Waals surface area contributed by atoms with Gasteiger partial charge in [0.25, 0.3) is 5.56 Å². The van der Waals surface area contributed by atoms with Gasteiger partial charge in [-0.3, -0.25) is 23.7 Å². The molecule has 12 heteroatoms. The summed E-state index contributed by atoms with van der Waals surface area (Å²) in [5.74, 6) is -0.360. The topological polar surface area (TPSA) is 138 Å². The van der Waals surface area contributed by atoms with Crippen molar-refractivity contribution in [3.8, 4) is 5.75 Å². The maximum Gasteiger partial charge on any atom is 0.459 e. The largest absolute Gasteiger partial charge is 0.468 e. The summed E-state index contributed by atoms with van der Waals surface area (Å²) in [5.41, 5.74) is 0.238. The van der Waals surface area contributed by atoms with Crippen molar-refractivity contribution >= 4 is 13.7 Å². The summed E-state index contributed by atoms with van der Waals surface area (Å²) >= 11 is 0. The van der Waals surface area contributed by atoms with E-state index in [9.17, 15) is 18.9 Å². The third-order valence-electron chi connectivity index (χ3n) is 4.79. The van der Waals surface area contributed by atoms with Crippen molar-refractivity contribution in [3.63, 3.8) is 0 Å². The van der Waals surface area contributed by atoms with Crippen LogP contribution < -0.4 is 20.9 Å². The van der Waals surface area contributed by atoms with Crippen LogP contribution in [0.1, 0.15) is 24.3 Å². The first-order chi connectivity index (χ1) is 15.6. The number of benzene rings is 1. The highest BCUT2D eigenvalue weighted by Gasteiger charge is 2.34. The van der Waals surface area contributed by atoms with Gasteiger partial charge in [-0.25, -0.2) is 9.36 Å². The summed E-state index contributed by atoms with van der Waals surface area (Å²) in [7, 11) is -2.82. The second kappa shape index (κ2) is 10.3. The second-order valence-electron chi connectivity index (χ2n) is 7.50. The molecule has 2 heterocycles. The first-order valence-electron chi connectivity index (χ1n) is 10.1. The highest BCUT2D eigenvalue weighted by Crippen LogP contribution is 2.45. The number of carbonyl (C=O) groups excluding carboxylic acids is 1. The lowest BCUT2D eigenvalue weighted by atomic mass is 10.2. The van der Waals surface area contributed by atoms with E-state index in [-0.39, 0.29) is 12.4 Å². The molecule has 178 valence electrons. The van der Waals surface area contributed by atoms with Crippen LogP contribution in [0.5, 0.6) is 5.75 Å². The van der Waals surface area contributed by atoms with Crippen molar-refractivity contribution in [2.75, 3.05) is 13.7 Å². The lowest BCUT2D eigenvalue weighted by molar-refractivity contribution is -0.142. The molecule has 1 aliphatic rings. The van der Waals surface area contributed by atoms with Crippen molar-refractivity contribution in [1.82, 2.24) is 14.6 Å². The zero-order valence-electron chi connectivity index (χ0n) is 18.6. The van der Waals surface area contributed by atoms with E-state index in [0.29, 0.717) is 5.56 Å². The summed E-state index contributed by atoms with van der Waals surface area (Å²) in [6.07, 6.45) is 3.20. The van der Waals surface area contributed by atoms with Gasteiger partial charge in [0.15, 0.2) is 6.23 Å². The molecule has 11 nitrogen and oxygen atoms in total. The fraction of sp³-hybridized carbons (Fsp3) is 0.381. The zero-order valence-corrected chi connectivity index (χ0v) is 19.5. The van der Waals surface area contributed by atoms with Crippen LogP contribution in [0.4, 0.5) is 0 Å². The molecule has 0 spiro atoms. The van der Waals surface area contributed by atoms with Crippen LogP contribution in [0.15, 0.2) is 52.2 Å². The fourth-order valence-corrected chi connectivity index (χ4v) is 4.49. The van der Waals surface area contributed by atoms with Gasteiger partial charge in [-0.15, -0.1) is 0 Å². The minimum absolute atomic E-state index is 0.200. The van der Waals surface area contributed by atoms with Crippen LogP contribution in [-0.4, -0.2) is 41.4 Å². The predicted molar refractivity (Wildman–Crippen MR) is 119 cm³/mol. The van der Waals surface area contributed by atoms with Gasteiger partial charge in [0.05, 0.1) is 13.7 Å². The Morgan fingerprint density at radius 2 is 1.94 bits per heavy atom. The van der Waals surface area contributed by atoms with Crippen LogP contribution in [0.2, 0.25) is 0 Å². The Labute approximate surface area is 189 Å². The van der Waals surface area contributed by atoms with Crippen molar-refractivity contribution in [2.45, 2.75) is 39.1 Å². The first kappa shape index (κ1) is 24.7. The van der Waals surface area contributed by atoms with E-state index in [1.165, 1.54) is 24.8 Å². The monoisotopic (exact) mass is 479 g/mol. The van der Waals surface area contributed by atoms with Crippen LogP contribution in [0.25, 0.3) is 0 Å².